The number of aryl methyl sites for hydroxylation is 1. The molecule has 0 aliphatic rings. The van der Waals surface area contributed by atoms with Crippen molar-refractivity contribution < 1.29 is 28.5 Å². The van der Waals surface area contributed by atoms with E-state index < -0.39 is 0 Å². The van der Waals surface area contributed by atoms with E-state index in [0.717, 1.165) is 0 Å². The second-order valence-electron chi connectivity index (χ2n) is 3.17. The Labute approximate surface area is 101 Å². The van der Waals surface area contributed by atoms with Gasteiger partial charge in [-0.1, -0.05) is 6.07 Å². The summed E-state index contributed by atoms with van der Waals surface area (Å²) in [5, 5.41) is 5.71. The van der Waals surface area contributed by atoms with E-state index in [1.165, 1.54) is 16.5 Å². The van der Waals surface area contributed by atoms with Crippen LogP contribution in [0.15, 0.2) is 36.7 Å². The largest absolute Gasteiger partial charge is 1.00 e. The van der Waals surface area contributed by atoms with Crippen LogP contribution in [0.1, 0.15) is 0 Å². The third-order valence-corrected chi connectivity index (χ3v) is 2.23. The van der Waals surface area contributed by atoms with Crippen molar-refractivity contribution in [2.75, 3.05) is 12.4 Å². The fourth-order valence-electron chi connectivity index (χ4n) is 1.55. The van der Waals surface area contributed by atoms with Crippen LogP contribution >= 0.6 is 0 Å². The van der Waals surface area contributed by atoms with Crippen LogP contribution in [-0.2, 0) is 7.05 Å². The maximum atomic E-state index is 3.18. The fraction of sp³-hybridized carbons (Fsp3) is 0.182. The highest BCUT2D eigenvalue weighted by molar-refractivity contribution is 5.92. The van der Waals surface area contributed by atoms with E-state index in [1.54, 1.807) is 0 Å². The summed E-state index contributed by atoms with van der Waals surface area (Å²) in [6.45, 7) is 0. The first-order chi connectivity index (χ1) is 6.31. The Bertz CT molecular complexity index is 440. The van der Waals surface area contributed by atoms with Crippen molar-refractivity contribution in [1.82, 2.24) is 0 Å². The van der Waals surface area contributed by atoms with Gasteiger partial charge in [0.1, 0.15) is 7.05 Å². The van der Waals surface area contributed by atoms with Crippen molar-refractivity contribution >= 4 is 16.5 Å². The summed E-state index contributed by atoms with van der Waals surface area (Å²) < 4.78 is 2.06. The Morgan fingerprint density at radius 1 is 1.21 bits per heavy atom. The molecule has 2 rings (SSSR count). The van der Waals surface area contributed by atoms with E-state index in [0.29, 0.717) is 0 Å². The number of nitrogens with zero attached hydrogens (tertiary/aromatic N) is 1. The molecule has 0 spiro atoms. The Balaban J connectivity index is 0.000000980. The molecule has 1 N–H and O–H groups in total. The number of fused-ring (bicyclic) bond motifs is 1. The second-order valence-corrected chi connectivity index (χ2v) is 3.17. The van der Waals surface area contributed by atoms with E-state index in [-0.39, 0.29) is 24.0 Å². The minimum Gasteiger partial charge on any atom is -1.00 e. The van der Waals surface area contributed by atoms with Gasteiger partial charge in [0.25, 0.3) is 0 Å². The average molecular weight is 300 g/mol. The second kappa shape index (κ2) is 4.59. The van der Waals surface area contributed by atoms with Crippen molar-refractivity contribution in [1.29, 1.82) is 0 Å². The summed E-state index contributed by atoms with van der Waals surface area (Å²) in [5.41, 5.74) is 1.18. The smallest absolute Gasteiger partial charge is 0.176 e. The van der Waals surface area contributed by atoms with Gasteiger partial charge in [0.05, 0.1) is 0 Å². The lowest BCUT2D eigenvalue weighted by atomic mass is 10.1. The van der Waals surface area contributed by atoms with Crippen molar-refractivity contribution in [3.63, 3.8) is 0 Å². The number of rotatable bonds is 1. The Morgan fingerprint density at radius 2 is 2.00 bits per heavy atom. The molecule has 0 aliphatic heterocycles. The highest BCUT2D eigenvalue weighted by Gasteiger charge is 2.01. The van der Waals surface area contributed by atoms with Gasteiger partial charge < -0.3 is 29.3 Å². The molecule has 0 amide bonds. The van der Waals surface area contributed by atoms with Crippen molar-refractivity contribution in [2.24, 2.45) is 7.05 Å². The van der Waals surface area contributed by atoms with E-state index >= 15 is 0 Å². The van der Waals surface area contributed by atoms with Crippen LogP contribution in [0, 0.1) is 0 Å². The molecular formula is C11H13IN2. The molecule has 74 valence electrons. The summed E-state index contributed by atoms with van der Waals surface area (Å²) in [5.74, 6) is 0. The topological polar surface area (TPSA) is 15.9 Å². The van der Waals surface area contributed by atoms with Crippen LogP contribution in [0.2, 0.25) is 0 Å². The lowest BCUT2D eigenvalue weighted by Gasteiger charge is -2.03. The van der Waals surface area contributed by atoms with E-state index in [2.05, 4.69) is 46.5 Å². The van der Waals surface area contributed by atoms with Gasteiger partial charge in [0.15, 0.2) is 12.4 Å². The number of pyridine rings is 1. The van der Waals surface area contributed by atoms with Gasteiger partial charge in [-0.2, -0.15) is 0 Å². The molecular weight excluding hydrogens is 287 g/mol. The van der Waals surface area contributed by atoms with Crippen molar-refractivity contribution in [3.8, 4) is 0 Å². The first-order valence-corrected chi connectivity index (χ1v) is 4.37. The van der Waals surface area contributed by atoms with Crippen molar-refractivity contribution in [3.05, 3.63) is 36.7 Å². The molecule has 2 nitrogen and oxygen atoms in total. The standard InChI is InChI=1S/C11H13N2.HI/c1-12-11-5-3-4-9-8-13(2)7-6-10(9)11;/h3-8,12H,1-2H3;1H/q+1;/p-1. The zero-order valence-electron chi connectivity index (χ0n) is 8.29. The molecule has 0 radical (unpaired) electrons. The predicted octanol–water partition coefficient (Wildman–Crippen LogP) is -1.29. The number of halogens is 1. The van der Waals surface area contributed by atoms with Gasteiger partial charge in [-0.3, -0.25) is 0 Å². The van der Waals surface area contributed by atoms with Crippen LogP contribution in [-0.4, -0.2) is 7.05 Å². The molecule has 0 unspecified atom stereocenters. The number of nitrogens with one attached hydrogen (secondary N) is 1. The number of hydrogen-bond acceptors (Lipinski definition) is 1. The Morgan fingerprint density at radius 3 is 2.71 bits per heavy atom. The van der Waals surface area contributed by atoms with Crippen LogP contribution in [0.25, 0.3) is 10.8 Å². The summed E-state index contributed by atoms with van der Waals surface area (Å²) in [7, 11) is 3.98. The first-order valence-electron chi connectivity index (χ1n) is 4.37. The highest BCUT2D eigenvalue weighted by Crippen LogP contribution is 2.20. The van der Waals surface area contributed by atoms with Crippen LogP contribution in [0.4, 0.5) is 5.69 Å². The highest BCUT2D eigenvalue weighted by atomic mass is 127. The lowest BCUT2D eigenvalue weighted by molar-refractivity contribution is -0.670. The maximum Gasteiger partial charge on any atom is 0.176 e. The zero-order chi connectivity index (χ0) is 9.26. The SMILES string of the molecule is CNc1cccc2c[n+](C)ccc12.[I-]. The van der Waals surface area contributed by atoms with E-state index in [4.69, 9.17) is 0 Å². The molecule has 14 heavy (non-hydrogen) atoms. The lowest BCUT2D eigenvalue weighted by Crippen LogP contribution is -3.00. The molecule has 1 aromatic carbocycles. The van der Waals surface area contributed by atoms with E-state index in [9.17, 15) is 0 Å². The molecule has 0 atom stereocenters. The molecule has 1 aromatic heterocycles. The fourth-order valence-corrected chi connectivity index (χ4v) is 1.55. The number of aromatic nitrogens is 1. The molecule has 0 saturated heterocycles. The quantitative estimate of drug-likeness (QED) is 0.512. The van der Waals surface area contributed by atoms with Gasteiger partial charge >= 0.3 is 0 Å². The minimum atomic E-state index is 0. The number of anilines is 1. The summed E-state index contributed by atoms with van der Waals surface area (Å²) in [6.07, 6.45) is 4.18. The zero-order valence-corrected chi connectivity index (χ0v) is 10.4. The van der Waals surface area contributed by atoms with Gasteiger partial charge in [-0.25, -0.2) is 4.57 Å². The maximum absolute atomic E-state index is 3.18. The summed E-state index contributed by atoms with van der Waals surface area (Å²) in [6, 6.07) is 8.40. The van der Waals surface area contributed by atoms with Crippen LogP contribution in [0.5, 0.6) is 0 Å². The third kappa shape index (κ3) is 1.97. The van der Waals surface area contributed by atoms with Gasteiger partial charge in [-0.05, 0) is 12.1 Å². The normalized spacial score (nSPS) is 9.57. The number of benzene rings is 1. The Hall–Kier alpha value is -0.840. The minimum absolute atomic E-state index is 0. The monoisotopic (exact) mass is 300 g/mol. The van der Waals surface area contributed by atoms with E-state index in [1.807, 2.05) is 14.1 Å². The average Bonchev–Trinajstić information content (AvgIpc) is 2.16. The Kier molecular flexibility index (Phi) is 3.69. The number of hydrogen-bond donors (Lipinski definition) is 1. The molecule has 1 heterocycles. The van der Waals surface area contributed by atoms with Gasteiger partial charge in [-0.15, -0.1) is 0 Å². The molecule has 2 aromatic rings. The van der Waals surface area contributed by atoms with Crippen LogP contribution in [0.3, 0.4) is 0 Å². The van der Waals surface area contributed by atoms with Crippen LogP contribution < -0.4 is 33.9 Å². The first kappa shape index (κ1) is 11.2. The molecule has 0 saturated carbocycles. The molecule has 0 fully saturated rings. The molecule has 3 heteroatoms. The van der Waals surface area contributed by atoms with Gasteiger partial charge in [0.2, 0.25) is 0 Å². The van der Waals surface area contributed by atoms with Crippen molar-refractivity contribution in [2.45, 2.75) is 0 Å². The summed E-state index contributed by atoms with van der Waals surface area (Å²) in [4.78, 5) is 0. The molecule has 0 bridgehead atoms. The van der Waals surface area contributed by atoms with Gasteiger partial charge in [0, 0.05) is 29.6 Å². The summed E-state index contributed by atoms with van der Waals surface area (Å²) >= 11 is 0. The third-order valence-electron chi connectivity index (χ3n) is 2.23. The molecule has 0 aliphatic carbocycles. The predicted molar refractivity (Wildman–Crippen MR) is 54.7 cm³/mol.